The largest absolute Gasteiger partial charge is 0.495 e. The number of aliphatic hydroxyl groups is 1. The number of methoxy groups -OCH3 is 1. The molecule has 8 nitrogen and oxygen atoms in total. The van der Waals surface area contributed by atoms with Crippen LogP contribution in [0.4, 0.5) is 5.69 Å². The number of nitro benzene ring substituents is 1. The summed E-state index contributed by atoms with van der Waals surface area (Å²) in [5, 5.41) is 19.9. The SMILES string of the molecule is COc1cc([N+](=O)[O-])ccc1S(=O)(=O)NC(C)CC(C)O. The van der Waals surface area contributed by atoms with Gasteiger partial charge in [-0.1, -0.05) is 0 Å². The Bertz CT molecular complexity index is 614. The maximum atomic E-state index is 12.2. The van der Waals surface area contributed by atoms with Crippen LogP contribution in [0.2, 0.25) is 0 Å². The zero-order valence-electron chi connectivity index (χ0n) is 11.9. The van der Waals surface area contributed by atoms with Crippen molar-refractivity contribution in [1.29, 1.82) is 0 Å². The Hall–Kier alpha value is -1.71. The monoisotopic (exact) mass is 318 g/mol. The first kappa shape index (κ1) is 17.3. The van der Waals surface area contributed by atoms with Crippen molar-refractivity contribution in [2.75, 3.05) is 7.11 Å². The minimum Gasteiger partial charge on any atom is -0.495 e. The minimum absolute atomic E-state index is 0.110. The van der Waals surface area contributed by atoms with Gasteiger partial charge < -0.3 is 9.84 Å². The molecule has 1 aromatic carbocycles. The highest BCUT2D eigenvalue weighted by Gasteiger charge is 2.24. The molecule has 2 N–H and O–H groups in total. The molecule has 0 aromatic heterocycles. The molecule has 0 radical (unpaired) electrons. The van der Waals surface area contributed by atoms with Crippen LogP contribution >= 0.6 is 0 Å². The zero-order valence-corrected chi connectivity index (χ0v) is 12.8. The Morgan fingerprint density at radius 2 is 2.05 bits per heavy atom. The number of hydrogen-bond donors (Lipinski definition) is 2. The lowest BCUT2D eigenvalue weighted by molar-refractivity contribution is -0.385. The third-order valence-electron chi connectivity index (χ3n) is 2.70. The highest BCUT2D eigenvalue weighted by Crippen LogP contribution is 2.28. The normalized spacial score (nSPS) is 14.5. The zero-order chi connectivity index (χ0) is 16.2. The smallest absolute Gasteiger partial charge is 0.273 e. The van der Waals surface area contributed by atoms with Crippen molar-refractivity contribution in [2.24, 2.45) is 0 Å². The van der Waals surface area contributed by atoms with Crippen LogP contribution in [0.5, 0.6) is 5.75 Å². The highest BCUT2D eigenvalue weighted by molar-refractivity contribution is 7.89. The second kappa shape index (κ2) is 6.83. The van der Waals surface area contributed by atoms with Crippen molar-refractivity contribution < 1.29 is 23.2 Å². The minimum atomic E-state index is -3.90. The van der Waals surface area contributed by atoms with Crippen LogP contribution in [0.1, 0.15) is 20.3 Å². The van der Waals surface area contributed by atoms with Crippen molar-refractivity contribution in [1.82, 2.24) is 4.72 Å². The van der Waals surface area contributed by atoms with E-state index in [1.54, 1.807) is 13.8 Å². The molecule has 2 atom stereocenters. The Labute approximate surface area is 122 Å². The van der Waals surface area contributed by atoms with Crippen molar-refractivity contribution in [3.05, 3.63) is 28.3 Å². The molecule has 9 heteroatoms. The summed E-state index contributed by atoms with van der Waals surface area (Å²) in [7, 11) is -2.67. The third kappa shape index (κ3) is 4.66. The molecule has 0 heterocycles. The fourth-order valence-corrected chi connectivity index (χ4v) is 3.29. The summed E-state index contributed by atoms with van der Waals surface area (Å²) in [6.45, 7) is 3.17. The molecule has 118 valence electrons. The topological polar surface area (TPSA) is 119 Å². The average molecular weight is 318 g/mol. The van der Waals surface area contributed by atoms with E-state index >= 15 is 0 Å². The molecule has 1 rings (SSSR count). The third-order valence-corrected chi connectivity index (χ3v) is 4.33. The molecule has 0 saturated heterocycles. The van der Waals surface area contributed by atoms with Gasteiger partial charge >= 0.3 is 0 Å². The molecule has 1 aromatic rings. The maximum absolute atomic E-state index is 12.2. The summed E-state index contributed by atoms with van der Waals surface area (Å²) in [5.41, 5.74) is -0.261. The van der Waals surface area contributed by atoms with Gasteiger partial charge in [0.1, 0.15) is 10.6 Å². The molecule has 2 unspecified atom stereocenters. The van der Waals surface area contributed by atoms with Gasteiger partial charge in [0.15, 0.2) is 0 Å². The predicted octanol–water partition coefficient (Wildman–Crippen LogP) is 1.04. The molecule has 0 spiro atoms. The van der Waals surface area contributed by atoms with Crippen LogP contribution in [-0.4, -0.2) is 37.7 Å². The first-order chi connectivity index (χ1) is 9.67. The Kier molecular flexibility index (Phi) is 5.64. The molecular weight excluding hydrogens is 300 g/mol. The summed E-state index contributed by atoms with van der Waals surface area (Å²) in [6, 6.07) is 2.77. The average Bonchev–Trinajstić information content (AvgIpc) is 2.35. The van der Waals surface area contributed by atoms with Gasteiger partial charge in [0.05, 0.1) is 24.2 Å². The van der Waals surface area contributed by atoms with Gasteiger partial charge in [0.25, 0.3) is 5.69 Å². The quantitative estimate of drug-likeness (QED) is 0.573. The number of nitrogens with zero attached hydrogens (tertiary/aromatic N) is 1. The first-order valence-corrected chi connectivity index (χ1v) is 7.68. The van der Waals surface area contributed by atoms with E-state index < -0.39 is 27.1 Å². The van der Waals surface area contributed by atoms with Crippen LogP contribution in [0.15, 0.2) is 23.1 Å². The van der Waals surface area contributed by atoms with Gasteiger partial charge in [-0.3, -0.25) is 10.1 Å². The summed E-state index contributed by atoms with van der Waals surface area (Å²) < 4.78 is 31.8. The Morgan fingerprint density at radius 3 is 2.52 bits per heavy atom. The number of nitrogens with one attached hydrogen (secondary N) is 1. The van der Waals surface area contributed by atoms with Crippen molar-refractivity contribution in [2.45, 2.75) is 37.3 Å². The lowest BCUT2D eigenvalue weighted by Crippen LogP contribution is -2.34. The summed E-state index contributed by atoms with van der Waals surface area (Å²) in [6.07, 6.45) is -0.407. The molecule has 0 aliphatic rings. The number of hydrogen-bond acceptors (Lipinski definition) is 6. The number of sulfonamides is 1. The van der Waals surface area contributed by atoms with Crippen LogP contribution < -0.4 is 9.46 Å². The van der Waals surface area contributed by atoms with Crippen molar-refractivity contribution in [3.63, 3.8) is 0 Å². The molecule has 0 saturated carbocycles. The van der Waals surface area contributed by atoms with E-state index in [1.807, 2.05) is 0 Å². The number of nitro groups is 1. The summed E-state index contributed by atoms with van der Waals surface area (Å²) in [5.74, 6) is -0.110. The Morgan fingerprint density at radius 1 is 1.43 bits per heavy atom. The number of non-ortho nitro benzene ring substituents is 1. The van der Waals surface area contributed by atoms with Gasteiger partial charge in [-0.05, 0) is 26.3 Å². The second-order valence-electron chi connectivity index (χ2n) is 4.70. The standard InChI is InChI=1S/C12H18N2O6S/c1-8(6-9(2)15)13-21(18,19)12-5-4-10(14(16)17)7-11(12)20-3/h4-5,7-9,13,15H,6H2,1-3H3. The molecule has 0 aliphatic carbocycles. The van der Waals surface area contributed by atoms with Crippen LogP contribution in [-0.2, 0) is 10.0 Å². The molecular formula is C12H18N2O6S. The van der Waals surface area contributed by atoms with E-state index in [0.29, 0.717) is 0 Å². The lowest BCUT2D eigenvalue weighted by atomic mass is 10.2. The predicted molar refractivity (Wildman–Crippen MR) is 75.7 cm³/mol. The highest BCUT2D eigenvalue weighted by atomic mass is 32.2. The van der Waals surface area contributed by atoms with Gasteiger partial charge in [0, 0.05) is 12.1 Å². The van der Waals surface area contributed by atoms with Crippen LogP contribution in [0.3, 0.4) is 0 Å². The van der Waals surface area contributed by atoms with Gasteiger partial charge in [-0.15, -0.1) is 0 Å². The van der Waals surface area contributed by atoms with E-state index in [1.165, 1.54) is 7.11 Å². The Balaban J connectivity index is 3.10. The maximum Gasteiger partial charge on any atom is 0.273 e. The number of aliphatic hydroxyl groups excluding tert-OH is 1. The van der Waals surface area contributed by atoms with Gasteiger partial charge in [0.2, 0.25) is 10.0 Å². The number of benzene rings is 1. The fraction of sp³-hybridized carbons (Fsp3) is 0.500. The van der Waals surface area contributed by atoms with E-state index in [4.69, 9.17) is 4.74 Å². The van der Waals surface area contributed by atoms with Gasteiger partial charge in [-0.25, -0.2) is 13.1 Å². The summed E-state index contributed by atoms with van der Waals surface area (Å²) >= 11 is 0. The molecule has 0 amide bonds. The first-order valence-electron chi connectivity index (χ1n) is 6.20. The number of rotatable bonds is 7. The molecule has 0 fully saturated rings. The van der Waals surface area contributed by atoms with E-state index in [-0.39, 0.29) is 22.8 Å². The van der Waals surface area contributed by atoms with Gasteiger partial charge in [-0.2, -0.15) is 0 Å². The van der Waals surface area contributed by atoms with Crippen LogP contribution in [0, 0.1) is 10.1 Å². The molecule has 0 bridgehead atoms. The number of ether oxygens (including phenoxy) is 1. The lowest BCUT2D eigenvalue weighted by Gasteiger charge is -2.16. The van der Waals surface area contributed by atoms with Crippen LogP contribution in [0.25, 0.3) is 0 Å². The van der Waals surface area contributed by atoms with E-state index in [0.717, 1.165) is 18.2 Å². The van der Waals surface area contributed by atoms with E-state index in [2.05, 4.69) is 4.72 Å². The van der Waals surface area contributed by atoms with Crippen molar-refractivity contribution >= 4 is 15.7 Å². The molecule has 0 aliphatic heterocycles. The fourth-order valence-electron chi connectivity index (χ4n) is 1.88. The molecule has 21 heavy (non-hydrogen) atoms. The summed E-state index contributed by atoms with van der Waals surface area (Å²) in [4.78, 5) is 9.86. The second-order valence-corrected chi connectivity index (χ2v) is 6.38. The van der Waals surface area contributed by atoms with E-state index in [9.17, 15) is 23.6 Å². The van der Waals surface area contributed by atoms with Crippen molar-refractivity contribution in [3.8, 4) is 5.75 Å².